The van der Waals surface area contributed by atoms with Gasteiger partial charge < -0.3 is 5.11 Å². The molecule has 1 unspecified atom stereocenters. The molecule has 1 aromatic rings. The van der Waals surface area contributed by atoms with E-state index in [0.29, 0.717) is 12.3 Å². The van der Waals surface area contributed by atoms with Gasteiger partial charge in [0.15, 0.2) is 0 Å². The molecule has 14 heavy (non-hydrogen) atoms. The van der Waals surface area contributed by atoms with E-state index in [0.717, 1.165) is 18.9 Å². The van der Waals surface area contributed by atoms with Crippen molar-refractivity contribution in [2.24, 2.45) is 5.92 Å². The highest BCUT2D eigenvalue weighted by molar-refractivity contribution is 5.21. The molecule has 76 valence electrons. The van der Waals surface area contributed by atoms with Crippen LogP contribution in [0.1, 0.15) is 30.9 Å². The molecule has 0 saturated heterocycles. The van der Waals surface area contributed by atoms with E-state index in [2.05, 4.69) is 0 Å². The van der Waals surface area contributed by atoms with Gasteiger partial charge in [-0.15, -0.1) is 0 Å². The molecule has 1 aliphatic carbocycles. The minimum Gasteiger partial charge on any atom is -0.388 e. The van der Waals surface area contributed by atoms with E-state index in [9.17, 15) is 13.9 Å². The van der Waals surface area contributed by atoms with E-state index in [-0.39, 0.29) is 5.56 Å². The van der Waals surface area contributed by atoms with Crippen LogP contribution < -0.4 is 0 Å². The van der Waals surface area contributed by atoms with Gasteiger partial charge >= 0.3 is 0 Å². The van der Waals surface area contributed by atoms with Gasteiger partial charge in [-0.05, 0) is 18.4 Å². The highest BCUT2D eigenvalue weighted by Gasteiger charge is 2.26. The third-order valence-electron chi connectivity index (χ3n) is 2.58. The molecule has 1 atom stereocenters. The summed E-state index contributed by atoms with van der Waals surface area (Å²) in [6, 6.07) is 3.30. The lowest BCUT2D eigenvalue weighted by molar-refractivity contribution is 0.155. The average molecular weight is 198 g/mol. The lowest BCUT2D eigenvalue weighted by Gasteiger charge is -2.10. The van der Waals surface area contributed by atoms with Crippen molar-refractivity contribution < 1.29 is 13.9 Å². The first-order valence-corrected chi connectivity index (χ1v) is 4.80. The summed E-state index contributed by atoms with van der Waals surface area (Å²) in [5.74, 6) is -0.738. The van der Waals surface area contributed by atoms with E-state index >= 15 is 0 Å². The Bertz CT molecular complexity index is 334. The van der Waals surface area contributed by atoms with Crippen LogP contribution in [0.15, 0.2) is 18.2 Å². The SMILES string of the molecule is OC(CC1CC1)c1ccc(F)cc1F. The fraction of sp³-hybridized carbons (Fsp3) is 0.455. The zero-order chi connectivity index (χ0) is 10.1. The van der Waals surface area contributed by atoms with Crippen LogP contribution in [0.25, 0.3) is 0 Å². The summed E-state index contributed by atoms with van der Waals surface area (Å²) in [7, 11) is 0. The molecule has 0 amide bonds. The highest BCUT2D eigenvalue weighted by Crippen LogP contribution is 2.38. The smallest absolute Gasteiger partial charge is 0.131 e. The van der Waals surface area contributed by atoms with Crippen LogP contribution in [0.4, 0.5) is 8.78 Å². The summed E-state index contributed by atoms with van der Waals surface area (Å²) >= 11 is 0. The molecule has 0 radical (unpaired) electrons. The van der Waals surface area contributed by atoms with Crippen LogP contribution in [0, 0.1) is 17.6 Å². The number of aliphatic hydroxyl groups is 1. The Hall–Kier alpha value is -0.960. The maximum Gasteiger partial charge on any atom is 0.131 e. The first-order chi connectivity index (χ1) is 6.66. The Balaban J connectivity index is 2.13. The predicted molar refractivity (Wildman–Crippen MR) is 48.7 cm³/mol. The summed E-state index contributed by atoms with van der Waals surface area (Å²) in [6.07, 6.45) is 2.02. The summed E-state index contributed by atoms with van der Waals surface area (Å²) in [6.45, 7) is 0. The number of benzene rings is 1. The van der Waals surface area contributed by atoms with Crippen molar-refractivity contribution in [1.82, 2.24) is 0 Å². The second-order valence-electron chi connectivity index (χ2n) is 3.86. The minimum absolute atomic E-state index is 0.207. The maximum atomic E-state index is 13.2. The first kappa shape index (κ1) is 9.59. The monoisotopic (exact) mass is 198 g/mol. The van der Waals surface area contributed by atoms with E-state index in [1.165, 1.54) is 12.1 Å². The van der Waals surface area contributed by atoms with Gasteiger partial charge in [0.05, 0.1) is 6.10 Å². The van der Waals surface area contributed by atoms with Gasteiger partial charge in [0.1, 0.15) is 11.6 Å². The molecule has 1 nitrogen and oxygen atoms in total. The molecular weight excluding hydrogens is 186 g/mol. The molecule has 0 spiro atoms. The van der Waals surface area contributed by atoms with Crippen molar-refractivity contribution in [3.8, 4) is 0 Å². The molecule has 0 aliphatic heterocycles. The van der Waals surface area contributed by atoms with E-state index in [4.69, 9.17) is 0 Å². The van der Waals surface area contributed by atoms with Gasteiger partial charge in [0.2, 0.25) is 0 Å². The van der Waals surface area contributed by atoms with Crippen LogP contribution in [0.5, 0.6) is 0 Å². The molecule has 0 aromatic heterocycles. The van der Waals surface area contributed by atoms with E-state index < -0.39 is 17.7 Å². The molecule has 0 heterocycles. The van der Waals surface area contributed by atoms with Crippen molar-refractivity contribution in [2.45, 2.75) is 25.4 Å². The average Bonchev–Trinajstić information content (AvgIpc) is 2.87. The van der Waals surface area contributed by atoms with Gasteiger partial charge in [-0.3, -0.25) is 0 Å². The molecule has 1 saturated carbocycles. The Labute approximate surface area is 81.4 Å². The van der Waals surface area contributed by atoms with E-state index in [1.807, 2.05) is 0 Å². The number of rotatable bonds is 3. The molecule has 1 fully saturated rings. The molecule has 3 heteroatoms. The first-order valence-electron chi connectivity index (χ1n) is 4.80. The topological polar surface area (TPSA) is 20.2 Å². The fourth-order valence-corrected chi connectivity index (χ4v) is 1.57. The van der Waals surface area contributed by atoms with Gasteiger partial charge in [0.25, 0.3) is 0 Å². The van der Waals surface area contributed by atoms with Crippen LogP contribution >= 0.6 is 0 Å². The molecular formula is C11H12F2O. The number of aliphatic hydroxyl groups excluding tert-OH is 1. The fourth-order valence-electron chi connectivity index (χ4n) is 1.57. The summed E-state index contributed by atoms with van der Waals surface area (Å²) in [5.41, 5.74) is 0.207. The van der Waals surface area contributed by atoms with Crippen LogP contribution in [-0.4, -0.2) is 5.11 Å². The van der Waals surface area contributed by atoms with E-state index in [1.54, 1.807) is 0 Å². The lowest BCUT2D eigenvalue weighted by atomic mass is 10.0. The normalized spacial score (nSPS) is 18.2. The van der Waals surface area contributed by atoms with Crippen molar-refractivity contribution in [2.75, 3.05) is 0 Å². The second kappa shape index (κ2) is 3.65. The standard InChI is InChI=1S/C11H12F2O/c12-8-3-4-9(10(13)6-8)11(14)5-7-1-2-7/h3-4,6-7,11,14H,1-2,5H2. The van der Waals surface area contributed by atoms with Crippen molar-refractivity contribution in [3.05, 3.63) is 35.4 Å². The van der Waals surface area contributed by atoms with Crippen LogP contribution in [0.2, 0.25) is 0 Å². The number of hydrogen-bond donors (Lipinski definition) is 1. The van der Waals surface area contributed by atoms with Crippen molar-refractivity contribution >= 4 is 0 Å². The number of halogens is 2. The lowest BCUT2D eigenvalue weighted by Crippen LogP contribution is -2.02. The van der Waals surface area contributed by atoms with Gasteiger partial charge in [-0.2, -0.15) is 0 Å². The zero-order valence-electron chi connectivity index (χ0n) is 7.71. The Morgan fingerprint density at radius 2 is 2.07 bits per heavy atom. The molecule has 2 rings (SSSR count). The van der Waals surface area contributed by atoms with Crippen molar-refractivity contribution in [3.63, 3.8) is 0 Å². The third-order valence-corrected chi connectivity index (χ3v) is 2.58. The predicted octanol–water partition coefficient (Wildman–Crippen LogP) is 2.80. The number of hydrogen-bond acceptors (Lipinski definition) is 1. The molecule has 1 aliphatic rings. The Morgan fingerprint density at radius 3 is 2.64 bits per heavy atom. The largest absolute Gasteiger partial charge is 0.388 e. The summed E-state index contributed by atoms with van der Waals surface area (Å²) in [5, 5.41) is 9.64. The summed E-state index contributed by atoms with van der Waals surface area (Å²) in [4.78, 5) is 0. The van der Waals surface area contributed by atoms with Gasteiger partial charge in [-0.25, -0.2) is 8.78 Å². The molecule has 0 bridgehead atoms. The maximum absolute atomic E-state index is 13.2. The zero-order valence-corrected chi connectivity index (χ0v) is 7.71. The summed E-state index contributed by atoms with van der Waals surface area (Å²) < 4.78 is 25.7. The minimum atomic E-state index is -0.789. The van der Waals surface area contributed by atoms with Gasteiger partial charge in [-0.1, -0.05) is 18.9 Å². The second-order valence-corrected chi connectivity index (χ2v) is 3.86. The third kappa shape index (κ3) is 2.10. The highest BCUT2D eigenvalue weighted by atomic mass is 19.1. The Morgan fingerprint density at radius 1 is 1.36 bits per heavy atom. The quantitative estimate of drug-likeness (QED) is 0.791. The van der Waals surface area contributed by atoms with Crippen LogP contribution in [0.3, 0.4) is 0 Å². The van der Waals surface area contributed by atoms with Crippen molar-refractivity contribution in [1.29, 1.82) is 0 Å². The van der Waals surface area contributed by atoms with Crippen LogP contribution in [-0.2, 0) is 0 Å². The Kier molecular flexibility index (Phi) is 2.50. The molecule has 1 N–H and O–H groups in total. The van der Waals surface area contributed by atoms with Gasteiger partial charge in [0, 0.05) is 11.6 Å². The molecule has 1 aromatic carbocycles.